The van der Waals surface area contributed by atoms with Crippen LogP contribution in [0.25, 0.3) is 0 Å². The number of nitro groups is 1. The van der Waals surface area contributed by atoms with E-state index in [9.17, 15) is 27.3 Å². The third-order valence-electron chi connectivity index (χ3n) is 4.37. The van der Waals surface area contributed by atoms with E-state index < -0.39 is 32.1 Å². The third-order valence-corrected chi connectivity index (χ3v) is 5.73. The Bertz CT molecular complexity index is 1010. The number of ether oxygens (including phenoxy) is 2. The normalized spacial score (nSPS) is 16.4. The van der Waals surface area contributed by atoms with Gasteiger partial charge in [0.05, 0.1) is 21.6 Å². The Morgan fingerprint density at radius 2 is 2.00 bits per heavy atom. The SMILES string of the molecule is O=[N+]([O-])c1cc(S(=O)(=O)Nc2ccccc2OC(F)F)ccc1NC[C@H]1CCCO1. The molecule has 1 saturated heterocycles. The zero-order valence-electron chi connectivity index (χ0n) is 15.6. The molecule has 162 valence electrons. The number of halogens is 2. The molecule has 1 aliphatic rings. The molecule has 12 heteroatoms. The van der Waals surface area contributed by atoms with Gasteiger partial charge in [0, 0.05) is 19.2 Å². The maximum Gasteiger partial charge on any atom is 0.387 e. The van der Waals surface area contributed by atoms with Crippen molar-refractivity contribution in [1.29, 1.82) is 0 Å². The Balaban J connectivity index is 1.83. The first-order chi connectivity index (χ1) is 14.3. The van der Waals surface area contributed by atoms with Crippen LogP contribution in [0, 0.1) is 10.1 Å². The maximum atomic E-state index is 12.7. The van der Waals surface area contributed by atoms with Gasteiger partial charge in [-0.2, -0.15) is 8.78 Å². The number of para-hydroxylation sites is 2. The van der Waals surface area contributed by atoms with Crippen LogP contribution < -0.4 is 14.8 Å². The van der Waals surface area contributed by atoms with Crippen molar-refractivity contribution in [3.8, 4) is 5.75 Å². The lowest BCUT2D eigenvalue weighted by atomic mass is 10.2. The summed E-state index contributed by atoms with van der Waals surface area (Å²) < 4.78 is 62.3. The molecule has 30 heavy (non-hydrogen) atoms. The first kappa shape index (κ1) is 21.7. The molecule has 0 unspecified atom stereocenters. The van der Waals surface area contributed by atoms with Crippen LogP contribution in [0.4, 0.5) is 25.8 Å². The van der Waals surface area contributed by atoms with Crippen molar-refractivity contribution in [2.75, 3.05) is 23.2 Å². The number of alkyl halides is 2. The fourth-order valence-corrected chi connectivity index (χ4v) is 4.05. The molecule has 0 bridgehead atoms. The summed E-state index contributed by atoms with van der Waals surface area (Å²) in [4.78, 5) is 10.3. The number of anilines is 2. The Kier molecular flexibility index (Phi) is 6.67. The molecule has 0 aliphatic carbocycles. The minimum Gasteiger partial charge on any atom is -0.433 e. The molecule has 1 atom stereocenters. The van der Waals surface area contributed by atoms with Crippen LogP contribution in [0.2, 0.25) is 0 Å². The molecule has 2 aromatic carbocycles. The molecular weight excluding hydrogens is 424 g/mol. The third kappa shape index (κ3) is 5.33. The highest BCUT2D eigenvalue weighted by Gasteiger charge is 2.24. The zero-order chi connectivity index (χ0) is 21.7. The molecule has 0 radical (unpaired) electrons. The number of benzene rings is 2. The van der Waals surface area contributed by atoms with Gasteiger partial charge in [-0.05, 0) is 37.1 Å². The van der Waals surface area contributed by atoms with Gasteiger partial charge in [0.15, 0.2) is 0 Å². The van der Waals surface area contributed by atoms with Crippen LogP contribution in [0.15, 0.2) is 47.4 Å². The van der Waals surface area contributed by atoms with Gasteiger partial charge in [-0.1, -0.05) is 12.1 Å². The first-order valence-electron chi connectivity index (χ1n) is 8.97. The van der Waals surface area contributed by atoms with Crippen molar-refractivity contribution < 1.29 is 31.6 Å². The average molecular weight is 443 g/mol. The maximum absolute atomic E-state index is 12.7. The summed E-state index contributed by atoms with van der Waals surface area (Å²) in [6, 6.07) is 8.60. The van der Waals surface area contributed by atoms with Crippen LogP contribution >= 0.6 is 0 Å². The van der Waals surface area contributed by atoms with E-state index in [1.165, 1.54) is 36.4 Å². The lowest BCUT2D eigenvalue weighted by Crippen LogP contribution is -2.19. The van der Waals surface area contributed by atoms with E-state index >= 15 is 0 Å². The Morgan fingerprint density at radius 3 is 2.67 bits per heavy atom. The standard InChI is InChI=1S/C18H19F2N3O6S/c19-18(20)29-17-6-2-1-5-15(17)22-30(26,27)13-7-8-14(16(10-13)23(24)25)21-11-12-4-3-9-28-12/h1-2,5-8,10,12,18,21-22H,3-4,9,11H2/t12-/m1/s1. The highest BCUT2D eigenvalue weighted by atomic mass is 32.2. The number of nitrogens with one attached hydrogen (secondary N) is 2. The summed E-state index contributed by atoms with van der Waals surface area (Å²) in [6.07, 6.45) is 1.67. The van der Waals surface area contributed by atoms with Crippen molar-refractivity contribution >= 4 is 27.1 Å². The van der Waals surface area contributed by atoms with Gasteiger partial charge in [-0.3, -0.25) is 14.8 Å². The average Bonchev–Trinajstić information content (AvgIpc) is 3.20. The summed E-state index contributed by atoms with van der Waals surface area (Å²) in [7, 11) is -4.31. The van der Waals surface area contributed by atoms with Crippen molar-refractivity contribution in [2.24, 2.45) is 0 Å². The number of nitro benzene ring substituents is 1. The molecule has 3 rings (SSSR count). The van der Waals surface area contributed by atoms with E-state index in [1.807, 2.05) is 0 Å². The van der Waals surface area contributed by atoms with E-state index in [1.54, 1.807) is 0 Å². The minimum atomic E-state index is -4.31. The van der Waals surface area contributed by atoms with Gasteiger partial charge >= 0.3 is 6.61 Å². The molecule has 2 N–H and O–H groups in total. The number of sulfonamides is 1. The van der Waals surface area contributed by atoms with E-state index in [0.29, 0.717) is 13.2 Å². The van der Waals surface area contributed by atoms with Crippen LogP contribution in [-0.4, -0.2) is 39.2 Å². The summed E-state index contributed by atoms with van der Waals surface area (Å²) in [5, 5.41) is 14.4. The number of hydrogen-bond donors (Lipinski definition) is 2. The minimum absolute atomic E-state index is 0.0685. The Morgan fingerprint density at radius 1 is 1.23 bits per heavy atom. The molecule has 2 aromatic rings. The number of hydrogen-bond acceptors (Lipinski definition) is 7. The molecule has 1 aliphatic heterocycles. The van der Waals surface area contributed by atoms with E-state index in [2.05, 4.69) is 14.8 Å². The first-order valence-corrected chi connectivity index (χ1v) is 10.4. The molecule has 0 saturated carbocycles. The molecular formula is C18H19F2N3O6S. The Hall–Kier alpha value is -2.99. The van der Waals surface area contributed by atoms with Crippen LogP contribution in [0.1, 0.15) is 12.8 Å². The van der Waals surface area contributed by atoms with E-state index in [4.69, 9.17) is 4.74 Å². The van der Waals surface area contributed by atoms with Gasteiger partial charge in [-0.25, -0.2) is 8.42 Å². The van der Waals surface area contributed by atoms with Crippen molar-refractivity contribution in [2.45, 2.75) is 30.5 Å². The summed E-state index contributed by atoms with van der Waals surface area (Å²) in [6.45, 7) is -2.16. The fourth-order valence-electron chi connectivity index (χ4n) is 2.96. The highest BCUT2D eigenvalue weighted by Crippen LogP contribution is 2.31. The fraction of sp³-hybridized carbons (Fsp3) is 0.333. The van der Waals surface area contributed by atoms with Gasteiger partial charge in [0.25, 0.3) is 15.7 Å². The molecule has 1 heterocycles. The largest absolute Gasteiger partial charge is 0.433 e. The summed E-state index contributed by atoms with van der Waals surface area (Å²) in [5.41, 5.74) is -0.509. The second kappa shape index (κ2) is 9.22. The molecule has 1 fully saturated rings. The highest BCUT2D eigenvalue weighted by molar-refractivity contribution is 7.92. The lowest BCUT2D eigenvalue weighted by Gasteiger charge is -2.14. The van der Waals surface area contributed by atoms with Gasteiger partial charge in [0.1, 0.15) is 11.4 Å². The van der Waals surface area contributed by atoms with E-state index in [-0.39, 0.29) is 23.2 Å². The van der Waals surface area contributed by atoms with Crippen molar-refractivity contribution in [1.82, 2.24) is 0 Å². The number of rotatable bonds is 9. The van der Waals surface area contributed by atoms with Crippen LogP contribution in [-0.2, 0) is 14.8 Å². The topological polar surface area (TPSA) is 120 Å². The smallest absolute Gasteiger partial charge is 0.387 e. The van der Waals surface area contributed by atoms with Crippen molar-refractivity contribution in [3.63, 3.8) is 0 Å². The van der Waals surface area contributed by atoms with Gasteiger partial charge in [-0.15, -0.1) is 0 Å². The van der Waals surface area contributed by atoms with Gasteiger partial charge < -0.3 is 14.8 Å². The second-order valence-electron chi connectivity index (χ2n) is 6.43. The monoisotopic (exact) mass is 443 g/mol. The lowest BCUT2D eigenvalue weighted by molar-refractivity contribution is -0.384. The summed E-state index contributed by atoms with van der Waals surface area (Å²) in [5.74, 6) is -0.375. The van der Waals surface area contributed by atoms with Crippen LogP contribution in [0.3, 0.4) is 0 Å². The second-order valence-corrected chi connectivity index (χ2v) is 8.11. The quantitative estimate of drug-likeness (QED) is 0.449. The molecule has 0 aromatic heterocycles. The molecule has 0 spiro atoms. The van der Waals surface area contributed by atoms with E-state index in [0.717, 1.165) is 18.9 Å². The zero-order valence-corrected chi connectivity index (χ0v) is 16.4. The Labute approximate surface area is 171 Å². The van der Waals surface area contributed by atoms with Crippen LogP contribution in [0.5, 0.6) is 5.75 Å². The predicted molar refractivity (Wildman–Crippen MR) is 104 cm³/mol. The number of nitrogens with zero attached hydrogens (tertiary/aromatic N) is 1. The van der Waals surface area contributed by atoms with Crippen molar-refractivity contribution in [3.05, 3.63) is 52.6 Å². The summed E-state index contributed by atoms with van der Waals surface area (Å²) >= 11 is 0. The predicted octanol–water partition coefficient (Wildman–Crippen LogP) is 3.59. The van der Waals surface area contributed by atoms with Gasteiger partial charge in [0.2, 0.25) is 0 Å². The molecule has 0 amide bonds. The molecule has 9 nitrogen and oxygen atoms in total.